The van der Waals surface area contributed by atoms with Crippen LogP contribution in [0.5, 0.6) is 5.75 Å². The van der Waals surface area contributed by atoms with Crippen LogP contribution in [0.3, 0.4) is 0 Å². The van der Waals surface area contributed by atoms with Gasteiger partial charge in [0.05, 0.1) is 0 Å². The summed E-state index contributed by atoms with van der Waals surface area (Å²) in [5.74, 6) is 0.999. The van der Waals surface area contributed by atoms with Gasteiger partial charge in [-0.05, 0) is 59.9 Å². The van der Waals surface area contributed by atoms with Crippen LogP contribution < -0.4 is 4.43 Å². The summed E-state index contributed by atoms with van der Waals surface area (Å²) in [6.07, 6.45) is 0.925. The van der Waals surface area contributed by atoms with Crippen molar-refractivity contribution in [2.24, 2.45) is 0 Å². The fourth-order valence-electron chi connectivity index (χ4n) is 2.05. The second-order valence-electron chi connectivity index (χ2n) is 7.32. The van der Waals surface area contributed by atoms with E-state index >= 15 is 0 Å². The van der Waals surface area contributed by atoms with E-state index in [4.69, 9.17) is 4.43 Å². The smallest absolute Gasteiger partial charge is 0.250 e. The zero-order chi connectivity index (χ0) is 16.4. The molecule has 0 saturated carbocycles. The van der Waals surface area contributed by atoms with E-state index in [2.05, 4.69) is 98.3 Å². The van der Waals surface area contributed by atoms with Crippen LogP contribution in [0.4, 0.5) is 0 Å². The summed E-state index contributed by atoms with van der Waals surface area (Å²) in [5, 5.41) is 0.216. The van der Waals surface area contributed by atoms with E-state index in [9.17, 15) is 0 Å². The number of halogens is 1. The van der Waals surface area contributed by atoms with Crippen LogP contribution in [0.25, 0.3) is 0 Å². The van der Waals surface area contributed by atoms with Gasteiger partial charge in [-0.2, -0.15) is 0 Å². The second-order valence-corrected chi connectivity index (χ2v) is 13.0. The molecule has 118 valence electrons. The first-order valence-electron chi connectivity index (χ1n) is 7.70. The van der Waals surface area contributed by atoms with E-state index in [0.717, 1.165) is 16.6 Å². The Bertz CT molecular complexity index is 644. The Morgan fingerprint density at radius 3 is 2.14 bits per heavy atom. The molecule has 0 fully saturated rings. The van der Waals surface area contributed by atoms with Crippen molar-refractivity contribution in [1.82, 2.24) is 0 Å². The molecule has 0 heterocycles. The molecule has 0 aliphatic rings. The van der Waals surface area contributed by atoms with Crippen molar-refractivity contribution in [2.75, 3.05) is 0 Å². The highest BCUT2D eigenvalue weighted by molar-refractivity contribution is 9.10. The monoisotopic (exact) mass is 376 g/mol. The average molecular weight is 377 g/mol. The third-order valence-corrected chi connectivity index (χ3v) is 9.23. The molecule has 0 spiro atoms. The zero-order valence-corrected chi connectivity index (χ0v) is 16.7. The minimum absolute atomic E-state index is 0.216. The molecule has 0 aliphatic carbocycles. The Balaban J connectivity index is 2.17. The SMILES string of the molecule is CC(C)(C)[Si](C)(C)Oc1cccc(Cc2cccc(Br)c2)c1. The predicted octanol–water partition coefficient (Wildman–Crippen LogP) is 6.42. The molecular formula is C19H25BrOSi. The Labute approximate surface area is 144 Å². The molecule has 0 aliphatic heterocycles. The van der Waals surface area contributed by atoms with Crippen molar-refractivity contribution in [3.63, 3.8) is 0 Å². The minimum Gasteiger partial charge on any atom is -0.543 e. The molecule has 0 unspecified atom stereocenters. The molecule has 2 aromatic carbocycles. The van der Waals surface area contributed by atoms with Crippen LogP contribution in [0.15, 0.2) is 53.0 Å². The van der Waals surface area contributed by atoms with E-state index in [1.165, 1.54) is 11.1 Å². The number of rotatable bonds is 4. The first kappa shape index (κ1) is 17.3. The Morgan fingerprint density at radius 1 is 0.955 bits per heavy atom. The van der Waals surface area contributed by atoms with Gasteiger partial charge in [-0.1, -0.05) is 61.0 Å². The van der Waals surface area contributed by atoms with Crippen LogP contribution in [-0.2, 0) is 6.42 Å². The van der Waals surface area contributed by atoms with Gasteiger partial charge in [0.25, 0.3) is 0 Å². The van der Waals surface area contributed by atoms with Gasteiger partial charge in [0.1, 0.15) is 5.75 Å². The van der Waals surface area contributed by atoms with E-state index < -0.39 is 8.32 Å². The van der Waals surface area contributed by atoms with Crippen LogP contribution in [-0.4, -0.2) is 8.32 Å². The fourth-order valence-corrected chi connectivity index (χ4v) is 3.52. The first-order chi connectivity index (χ1) is 10.2. The predicted molar refractivity (Wildman–Crippen MR) is 101 cm³/mol. The van der Waals surface area contributed by atoms with Gasteiger partial charge in [0.2, 0.25) is 8.32 Å². The lowest BCUT2D eigenvalue weighted by Gasteiger charge is -2.36. The highest BCUT2D eigenvalue weighted by atomic mass is 79.9. The third-order valence-electron chi connectivity index (χ3n) is 4.37. The van der Waals surface area contributed by atoms with Crippen LogP contribution >= 0.6 is 15.9 Å². The van der Waals surface area contributed by atoms with E-state index in [1.54, 1.807) is 0 Å². The van der Waals surface area contributed by atoms with Gasteiger partial charge in [0, 0.05) is 4.47 Å². The Hall–Kier alpha value is -1.06. The minimum atomic E-state index is -1.78. The van der Waals surface area contributed by atoms with Crippen molar-refractivity contribution < 1.29 is 4.43 Å². The lowest BCUT2D eigenvalue weighted by Crippen LogP contribution is -2.43. The number of hydrogen-bond acceptors (Lipinski definition) is 1. The normalized spacial score (nSPS) is 12.3. The highest BCUT2D eigenvalue weighted by Crippen LogP contribution is 2.37. The van der Waals surface area contributed by atoms with Crippen molar-refractivity contribution >= 4 is 24.2 Å². The maximum Gasteiger partial charge on any atom is 0.250 e. The first-order valence-corrected chi connectivity index (χ1v) is 11.4. The summed E-state index contributed by atoms with van der Waals surface area (Å²) in [6, 6.07) is 17.0. The summed E-state index contributed by atoms with van der Waals surface area (Å²) in [5.41, 5.74) is 2.59. The molecule has 0 N–H and O–H groups in total. The molecule has 0 saturated heterocycles. The maximum atomic E-state index is 6.40. The molecule has 0 aromatic heterocycles. The van der Waals surface area contributed by atoms with Crippen molar-refractivity contribution in [1.29, 1.82) is 0 Å². The lowest BCUT2D eigenvalue weighted by molar-refractivity contribution is 0.492. The molecule has 3 heteroatoms. The van der Waals surface area contributed by atoms with Gasteiger partial charge in [-0.25, -0.2) is 0 Å². The number of hydrogen-bond donors (Lipinski definition) is 0. The van der Waals surface area contributed by atoms with Crippen LogP contribution in [0.2, 0.25) is 18.1 Å². The molecule has 0 bridgehead atoms. The van der Waals surface area contributed by atoms with Gasteiger partial charge >= 0.3 is 0 Å². The lowest BCUT2D eigenvalue weighted by atomic mass is 10.1. The van der Waals surface area contributed by atoms with Gasteiger partial charge in [-0.15, -0.1) is 0 Å². The van der Waals surface area contributed by atoms with Crippen molar-refractivity contribution in [3.8, 4) is 5.75 Å². The van der Waals surface area contributed by atoms with Gasteiger partial charge in [-0.3, -0.25) is 0 Å². The Kier molecular flexibility index (Phi) is 5.18. The van der Waals surface area contributed by atoms with Gasteiger partial charge in [0.15, 0.2) is 0 Å². The number of benzene rings is 2. The van der Waals surface area contributed by atoms with Crippen molar-refractivity contribution in [3.05, 3.63) is 64.1 Å². The molecule has 0 radical (unpaired) electrons. The molecule has 0 atom stereocenters. The van der Waals surface area contributed by atoms with E-state index in [0.29, 0.717) is 0 Å². The molecule has 0 amide bonds. The summed E-state index contributed by atoms with van der Waals surface area (Å²) in [7, 11) is -1.78. The van der Waals surface area contributed by atoms with Crippen LogP contribution in [0.1, 0.15) is 31.9 Å². The quantitative estimate of drug-likeness (QED) is 0.558. The maximum absolute atomic E-state index is 6.40. The van der Waals surface area contributed by atoms with E-state index in [1.807, 2.05) is 0 Å². The summed E-state index contributed by atoms with van der Waals surface area (Å²) in [6.45, 7) is 11.4. The Morgan fingerprint density at radius 2 is 1.55 bits per heavy atom. The second kappa shape index (κ2) is 6.59. The summed E-state index contributed by atoms with van der Waals surface area (Å²) < 4.78 is 7.52. The standard InChI is InChI=1S/C19H25BrOSi/c1-19(2,3)22(4,5)21-18-11-7-9-16(14-18)12-15-8-6-10-17(20)13-15/h6-11,13-14H,12H2,1-5H3. The largest absolute Gasteiger partial charge is 0.543 e. The van der Waals surface area contributed by atoms with Crippen LogP contribution in [0, 0.1) is 0 Å². The zero-order valence-electron chi connectivity index (χ0n) is 14.1. The molecule has 2 rings (SSSR count). The van der Waals surface area contributed by atoms with E-state index in [-0.39, 0.29) is 5.04 Å². The van der Waals surface area contributed by atoms with Crippen molar-refractivity contribution in [2.45, 2.75) is 45.3 Å². The molecular weight excluding hydrogens is 352 g/mol. The molecule has 2 aromatic rings. The summed E-state index contributed by atoms with van der Waals surface area (Å²) >= 11 is 3.53. The average Bonchev–Trinajstić information content (AvgIpc) is 2.37. The summed E-state index contributed by atoms with van der Waals surface area (Å²) in [4.78, 5) is 0. The molecule has 1 nitrogen and oxygen atoms in total. The fraction of sp³-hybridized carbons (Fsp3) is 0.368. The highest BCUT2D eigenvalue weighted by Gasteiger charge is 2.38. The molecule has 22 heavy (non-hydrogen) atoms. The third kappa shape index (κ3) is 4.47. The van der Waals surface area contributed by atoms with Gasteiger partial charge < -0.3 is 4.43 Å². The topological polar surface area (TPSA) is 9.23 Å².